The quantitative estimate of drug-likeness (QED) is 0.571. The van der Waals surface area contributed by atoms with Crippen LogP contribution in [0.15, 0.2) is 65.5 Å². The largest absolute Gasteiger partial charge is 0.300 e. The fourth-order valence-corrected chi connectivity index (χ4v) is 3.70. The molecule has 1 N–H and O–H groups in total. The Balaban J connectivity index is 1.60. The monoisotopic (exact) mass is 390 g/mol. The highest BCUT2D eigenvalue weighted by molar-refractivity contribution is 7.22. The topological polar surface area (TPSA) is 76.9 Å². The van der Waals surface area contributed by atoms with Crippen molar-refractivity contribution in [3.8, 4) is 11.3 Å². The van der Waals surface area contributed by atoms with Gasteiger partial charge in [0.2, 0.25) is 0 Å². The summed E-state index contributed by atoms with van der Waals surface area (Å²) >= 11 is 1.39. The lowest BCUT2D eigenvalue weighted by atomic mass is 10.1. The molecule has 0 bridgehead atoms. The first-order chi connectivity index (χ1) is 13.5. The number of carbonyl (C=O) groups excluding carboxylic acids is 1. The maximum absolute atomic E-state index is 12.7. The summed E-state index contributed by atoms with van der Waals surface area (Å²) in [6, 6.07) is 17.8. The number of amides is 1. The normalized spacial score (nSPS) is 12.1. The number of nitrogens with one attached hydrogen (secondary N) is 1. The molecule has 0 aliphatic carbocycles. The van der Waals surface area contributed by atoms with Crippen LogP contribution >= 0.6 is 11.3 Å². The molecule has 2 aromatic carbocycles. The first kappa shape index (κ1) is 18.1. The van der Waals surface area contributed by atoms with Gasteiger partial charge in [-0.25, -0.2) is 9.67 Å². The van der Waals surface area contributed by atoms with E-state index in [1.165, 1.54) is 22.1 Å². The van der Waals surface area contributed by atoms with Gasteiger partial charge in [-0.2, -0.15) is 5.10 Å². The number of aromatic nitrogens is 3. The first-order valence-corrected chi connectivity index (χ1v) is 9.66. The van der Waals surface area contributed by atoms with Crippen molar-refractivity contribution in [2.75, 3.05) is 5.32 Å². The summed E-state index contributed by atoms with van der Waals surface area (Å²) < 4.78 is 2.19. The molecule has 1 amide bonds. The molecule has 0 saturated heterocycles. The van der Waals surface area contributed by atoms with Crippen LogP contribution in [0.1, 0.15) is 18.5 Å². The maximum Gasteiger partial charge on any atom is 0.267 e. The summed E-state index contributed by atoms with van der Waals surface area (Å²) in [7, 11) is 0. The van der Waals surface area contributed by atoms with Gasteiger partial charge in [0.1, 0.15) is 6.04 Å². The SMILES string of the molecule is Cc1ccc(-c2ccc(=O)n(C(C)C(=O)Nc3nc4ccccc4s3)n2)cc1. The zero-order valence-electron chi connectivity index (χ0n) is 15.4. The molecule has 2 aromatic heterocycles. The number of aryl methyl sites for hydroxylation is 1. The van der Waals surface area contributed by atoms with Crippen molar-refractivity contribution in [3.05, 3.63) is 76.6 Å². The molecule has 0 spiro atoms. The van der Waals surface area contributed by atoms with Crippen LogP contribution in [0.4, 0.5) is 5.13 Å². The van der Waals surface area contributed by atoms with Crippen LogP contribution < -0.4 is 10.9 Å². The molecular formula is C21H18N4O2S. The van der Waals surface area contributed by atoms with Crippen molar-refractivity contribution in [3.63, 3.8) is 0 Å². The Morgan fingerprint density at radius 3 is 2.57 bits per heavy atom. The van der Waals surface area contributed by atoms with Gasteiger partial charge in [-0.15, -0.1) is 0 Å². The van der Waals surface area contributed by atoms with Gasteiger partial charge in [0, 0.05) is 11.6 Å². The molecule has 0 saturated carbocycles. The van der Waals surface area contributed by atoms with Crippen molar-refractivity contribution >= 4 is 32.6 Å². The summed E-state index contributed by atoms with van der Waals surface area (Å²) in [6.45, 7) is 3.66. The van der Waals surface area contributed by atoms with Gasteiger partial charge in [-0.1, -0.05) is 53.3 Å². The lowest BCUT2D eigenvalue weighted by molar-refractivity contribution is -0.119. The van der Waals surface area contributed by atoms with Crippen molar-refractivity contribution in [2.24, 2.45) is 0 Å². The minimum absolute atomic E-state index is 0.331. The zero-order valence-corrected chi connectivity index (χ0v) is 16.2. The van der Waals surface area contributed by atoms with E-state index in [1.807, 2.05) is 55.5 Å². The molecule has 1 unspecified atom stereocenters. The van der Waals surface area contributed by atoms with Crippen molar-refractivity contribution < 1.29 is 4.79 Å². The fourth-order valence-electron chi connectivity index (χ4n) is 2.83. The molecule has 0 aliphatic rings. The number of thiazole rings is 1. The highest BCUT2D eigenvalue weighted by atomic mass is 32.1. The van der Waals surface area contributed by atoms with E-state index in [0.29, 0.717) is 10.8 Å². The Morgan fingerprint density at radius 2 is 1.82 bits per heavy atom. The zero-order chi connectivity index (χ0) is 19.7. The fraction of sp³-hybridized carbons (Fsp3) is 0.143. The minimum Gasteiger partial charge on any atom is -0.300 e. The van der Waals surface area contributed by atoms with Gasteiger partial charge in [-0.3, -0.25) is 9.59 Å². The third-order valence-corrected chi connectivity index (χ3v) is 5.39. The average Bonchev–Trinajstić information content (AvgIpc) is 3.10. The van der Waals surface area contributed by atoms with E-state index >= 15 is 0 Å². The third kappa shape index (κ3) is 3.57. The van der Waals surface area contributed by atoms with E-state index in [0.717, 1.165) is 21.3 Å². The molecule has 0 aliphatic heterocycles. The number of carbonyl (C=O) groups is 1. The van der Waals surface area contributed by atoms with Crippen LogP contribution in [0, 0.1) is 6.92 Å². The van der Waals surface area contributed by atoms with Crippen LogP contribution in [0.2, 0.25) is 0 Å². The van der Waals surface area contributed by atoms with Crippen LogP contribution in [-0.4, -0.2) is 20.7 Å². The number of para-hydroxylation sites is 1. The van der Waals surface area contributed by atoms with Crippen LogP contribution in [-0.2, 0) is 4.79 Å². The highest BCUT2D eigenvalue weighted by Crippen LogP contribution is 2.26. The molecule has 4 rings (SSSR count). The van der Waals surface area contributed by atoms with Gasteiger partial charge in [-0.05, 0) is 32.0 Å². The molecule has 4 aromatic rings. The molecule has 1 atom stereocenters. The second-order valence-electron chi connectivity index (χ2n) is 6.52. The first-order valence-electron chi connectivity index (χ1n) is 8.84. The third-order valence-electron chi connectivity index (χ3n) is 4.44. The summed E-state index contributed by atoms with van der Waals surface area (Å²) in [5.41, 5.74) is 3.16. The van der Waals surface area contributed by atoms with Crippen molar-refractivity contribution in [2.45, 2.75) is 19.9 Å². The van der Waals surface area contributed by atoms with Crippen molar-refractivity contribution in [1.82, 2.24) is 14.8 Å². The molecule has 0 radical (unpaired) electrons. The van der Waals surface area contributed by atoms with E-state index in [1.54, 1.807) is 13.0 Å². The number of anilines is 1. The average molecular weight is 390 g/mol. The van der Waals surface area contributed by atoms with Crippen LogP contribution in [0.3, 0.4) is 0 Å². The molecule has 6 nitrogen and oxygen atoms in total. The lowest BCUT2D eigenvalue weighted by Crippen LogP contribution is -2.33. The number of hydrogen-bond donors (Lipinski definition) is 1. The van der Waals surface area contributed by atoms with Crippen molar-refractivity contribution in [1.29, 1.82) is 0 Å². The Bertz CT molecular complexity index is 1180. The van der Waals surface area contributed by atoms with E-state index in [9.17, 15) is 9.59 Å². The number of hydrogen-bond acceptors (Lipinski definition) is 5. The second kappa shape index (κ2) is 7.36. The van der Waals surface area contributed by atoms with Gasteiger partial charge >= 0.3 is 0 Å². The number of nitrogens with zero attached hydrogens (tertiary/aromatic N) is 3. The summed E-state index contributed by atoms with van der Waals surface area (Å²) in [6.07, 6.45) is 0. The molecule has 7 heteroatoms. The van der Waals surface area contributed by atoms with Gasteiger partial charge in [0.15, 0.2) is 5.13 Å². The van der Waals surface area contributed by atoms with Crippen LogP contribution in [0.25, 0.3) is 21.5 Å². The van der Waals surface area contributed by atoms with Gasteiger partial charge < -0.3 is 5.32 Å². The standard InChI is InChI=1S/C21H18N4O2S/c1-13-7-9-15(10-8-13)16-11-12-19(26)25(24-16)14(2)20(27)23-21-22-17-5-3-4-6-18(17)28-21/h3-12,14H,1-2H3,(H,22,23,27). The Kier molecular flexibility index (Phi) is 4.75. The Labute approximate surface area is 165 Å². The maximum atomic E-state index is 12.7. The molecule has 28 heavy (non-hydrogen) atoms. The van der Waals surface area contributed by atoms with Gasteiger partial charge in [0.25, 0.3) is 11.5 Å². The Morgan fingerprint density at radius 1 is 1.07 bits per heavy atom. The van der Waals surface area contributed by atoms with Gasteiger partial charge in [0.05, 0.1) is 15.9 Å². The molecule has 2 heterocycles. The second-order valence-corrected chi connectivity index (χ2v) is 7.55. The summed E-state index contributed by atoms with van der Waals surface area (Å²) in [4.78, 5) is 29.4. The highest BCUT2D eigenvalue weighted by Gasteiger charge is 2.19. The van der Waals surface area contributed by atoms with E-state index in [4.69, 9.17) is 0 Å². The predicted molar refractivity (Wildman–Crippen MR) is 112 cm³/mol. The lowest BCUT2D eigenvalue weighted by Gasteiger charge is -2.14. The summed E-state index contributed by atoms with van der Waals surface area (Å²) in [5, 5.41) is 7.70. The molecule has 140 valence electrons. The molecule has 0 fully saturated rings. The minimum atomic E-state index is -0.773. The number of fused-ring (bicyclic) bond motifs is 1. The number of rotatable bonds is 4. The smallest absolute Gasteiger partial charge is 0.267 e. The number of benzene rings is 2. The Hall–Kier alpha value is -3.32. The van der Waals surface area contributed by atoms with E-state index in [-0.39, 0.29) is 11.5 Å². The molecular weight excluding hydrogens is 372 g/mol. The predicted octanol–water partition coefficient (Wildman–Crippen LogP) is 4.03. The van der Waals surface area contributed by atoms with Crippen LogP contribution in [0.5, 0.6) is 0 Å². The van der Waals surface area contributed by atoms with E-state index in [2.05, 4.69) is 15.4 Å². The summed E-state index contributed by atoms with van der Waals surface area (Å²) in [5.74, 6) is -0.338. The van der Waals surface area contributed by atoms with E-state index < -0.39 is 6.04 Å².